The van der Waals surface area contributed by atoms with Gasteiger partial charge in [-0.1, -0.05) is 0 Å². The normalized spacial score (nSPS) is 17.4. The summed E-state index contributed by atoms with van der Waals surface area (Å²) in [6.07, 6.45) is 3.33. The van der Waals surface area contributed by atoms with Crippen LogP contribution < -0.4 is 16.4 Å². The van der Waals surface area contributed by atoms with Crippen molar-refractivity contribution in [2.24, 2.45) is 11.7 Å². The standard InChI is InChI=1S/C11H16N4O/c12-10-7-9(1-4-14-10)15-5-2-8(3-6-15)11(13)16/h1,4,7-8H,2-3,5-6H2,(H2,12,14)(H2,13,16). The number of nitrogens with zero attached hydrogens (tertiary/aromatic N) is 2. The topological polar surface area (TPSA) is 85.2 Å². The summed E-state index contributed by atoms with van der Waals surface area (Å²) in [5.74, 6) is 0.360. The highest BCUT2D eigenvalue weighted by atomic mass is 16.1. The molecule has 0 aromatic carbocycles. The van der Waals surface area contributed by atoms with E-state index >= 15 is 0 Å². The third-order valence-corrected chi connectivity index (χ3v) is 3.03. The van der Waals surface area contributed by atoms with Crippen LogP contribution in [-0.2, 0) is 4.79 Å². The van der Waals surface area contributed by atoms with Crippen LogP contribution in [0, 0.1) is 5.92 Å². The van der Waals surface area contributed by atoms with E-state index in [-0.39, 0.29) is 11.8 Å². The van der Waals surface area contributed by atoms with Gasteiger partial charge in [0.2, 0.25) is 5.91 Å². The highest BCUT2D eigenvalue weighted by molar-refractivity contribution is 5.77. The fraction of sp³-hybridized carbons (Fsp3) is 0.455. The van der Waals surface area contributed by atoms with Gasteiger partial charge in [0, 0.05) is 37.0 Å². The lowest BCUT2D eigenvalue weighted by Crippen LogP contribution is -2.38. The molecule has 5 nitrogen and oxygen atoms in total. The van der Waals surface area contributed by atoms with E-state index < -0.39 is 0 Å². The lowest BCUT2D eigenvalue weighted by atomic mass is 9.96. The fourth-order valence-electron chi connectivity index (χ4n) is 2.06. The van der Waals surface area contributed by atoms with Gasteiger partial charge in [-0.15, -0.1) is 0 Å². The fourth-order valence-corrected chi connectivity index (χ4v) is 2.06. The van der Waals surface area contributed by atoms with Gasteiger partial charge < -0.3 is 16.4 Å². The smallest absolute Gasteiger partial charge is 0.220 e. The third kappa shape index (κ3) is 2.24. The average molecular weight is 220 g/mol. The van der Waals surface area contributed by atoms with Crippen LogP contribution in [0.3, 0.4) is 0 Å². The number of pyridine rings is 1. The van der Waals surface area contributed by atoms with Crippen LogP contribution in [0.25, 0.3) is 0 Å². The van der Waals surface area contributed by atoms with E-state index in [1.807, 2.05) is 12.1 Å². The van der Waals surface area contributed by atoms with Crippen molar-refractivity contribution >= 4 is 17.4 Å². The molecular formula is C11H16N4O. The minimum Gasteiger partial charge on any atom is -0.384 e. The molecule has 2 rings (SSSR count). The van der Waals surface area contributed by atoms with Crippen LogP contribution in [0.4, 0.5) is 11.5 Å². The van der Waals surface area contributed by atoms with Gasteiger partial charge in [-0.2, -0.15) is 0 Å². The average Bonchev–Trinajstić information content (AvgIpc) is 2.29. The number of piperidine rings is 1. The van der Waals surface area contributed by atoms with E-state index in [4.69, 9.17) is 11.5 Å². The molecular weight excluding hydrogens is 204 g/mol. The minimum absolute atomic E-state index is 0.0236. The van der Waals surface area contributed by atoms with Gasteiger partial charge in [0.15, 0.2) is 0 Å². The SMILES string of the molecule is NC(=O)C1CCN(c2ccnc(N)c2)CC1. The molecule has 4 N–H and O–H groups in total. The Hall–Kier alpha value is -1.78. The first-order valence-corrected chi connectivity index (χ1v) is 5.42. The Balaban J connectivity index is 2.01. The van der Waals surface area contributed by atoms with E-state index in [1.165, 1.54) is 0 Å². The number of amides is 1. The Bertz CT molecular complexity index is 385. The first-order chi connectivity index (χ1) is 7.66. The molecule has 86 valence electrons. The molecule has 1 aromatic heterocycles. The quantitative estimate of drug-likeness (QED) is 0.753. The third-order valence-electron chi connectivity index (χ3n) is 3.03. The summed E-state index contributed by atoms with van der Waals surface area (Å²) < 4.78 is 0. The number of nitrogens with two attached hydrogens (primary N) is 2. The summed E-state index contributed by atoms with van der Waals surface area (Å²) in [4.78, 5) is 17.2. The maximum absolute atomic E-state index is 11.0. The zero-order valence-corrected chi connectivity index (χ0v) is 9.10. The van der Waals surface area contributed by atoms with Crippen LogP contribution in [0.15, 0.2) is 18.3 Å². The summed E-state index contributed by atoms with van der Waals surface area (Å²) in [5, 5.41) is 0. The monoisotopic (exact) mass is 220 g/mol. The van der Waals surface area contributed by atoms with E-state index in [1.54, 1.807) is 6.20 Å². The maximum atomic E-state index is 11.0. The lowest BCUT2D eigenvalue weighted by Gasteiger charge is -2.32. The van der Waals surface area contributed by atoms with Crippen LogP contribution in [0.1, 0.15) is 12.8 Å². The molecule has 1 fully saturated rings. The molecule has 1 amide bonds. The highest BCUT2D eigenvalue weighted by Gasteiger charge is 2.23. The minimum atomic E-state index is -0.186. The zero-order chi connectivity index (χ0) is 11.5. The zero-order valence-electron chi connectivity index (χ0n) is 9.10. The Labute approximate surface area is 94.4 Å². The van der Waals surface area contributed by atoms with E-state index in [2.05, 4.69) is 9.88 Å². The summed E-state index contributed by atoms with van der Waals surface area (Å²) >= 11 is 0. The van der Waals surface area contributed by atoms with Gasteiger partial charge in [0.1, 0.15) is 5.82 Å². The van der Waals surface area contributed by atoms with Crippen LogP contribution in [-0.4, -0.2) is 24.0 Å². The van der Waals surface area contributed by atoms with Crippen molar-refractivity contribution in [1.82, 2.24) is 4.98 Å². The molecule has 5 heteroatoms. The predicted octanol–water partition coefficient (Wildman–Crippen LogP) is 0.365. The lowest BCUT2D eigenvalue weighted by molar-refractivity contribution is -0.122. The second-order valence-corrected chi connectivity index (χ2v) is 4.10. The number of hydrogen-bond acceptors (Lipinski definition) is 4. The molecule has 0 bridgehead atoms. The number of carbonyl (C=O) groups excluding carboxylic acids is 1. The molecule has 0 atom stereocenters. The van der Waals surface area contributed by atoms with Crippen molar-refractivity contribution < 1.29 is 4.79 Å². The molecule has 0 radical (unpaired) electrons. The number of aromatic nitrogens is 1. The molecule has 2 heterocycles. The molecule has 16 heavy (non-hydrogen) atoms. The molecule has 1 aliphatic heterocycles. The molecule has 0 unspecified atom stereocenters. The van der Waals surface area contributed by atoms with E-state index in [9.17, 15) is 4.79 Å². The number of hydrogen-bond donors (Lipinski definition) is 2. The molecule has 1 aliphatic rings. The van der Waals surface area contributed by atoms with Crippen molar-refractivity contribution in [3.8, 4) is 0 Å². The first kappa shape index (κ1) is 10.7. The summed E-state index contributed by atoms with van der Waals surface area (Å²) in [6.45, 7) is 1.69. The van der Waals surface area contributed by atoms with Crippen LogP contribution in [0.2, 0.25) is 0 Å². The van der Waals surface area contributed by atoms with Crippen LogP contribution in [0.5, 0.6) is 0 Å². The van der Waals surface area contributed by atoms with Crippen molar-refractivity contribution in [1.29, 1.82) is 0 Å². The van der Waals surface area contributed by atoms with Crippen molar-refractivity contribution in [2.45, 2.75) is 12.8 Å². The maximum Gasteiger partial charge on any atom is 0.220 e. The van der Waals surface area contributed by atoms with E-state index in [0.29, 0.717) is 5.82 Å². The Morgan fingerprint density at radius 3 is 2.69 bits per heavy atom. The van der Waals surface area contributed by atoms with Crippen molar-refractivity contribution in [2.75, 3.05) is 23.7 Å². The molecule has 0 saturated carbocycles. The van der Waals surface area contributed by atoms with E-state index in [0.717, 1.165) is 31.6 Å². The summed E-state index contributed by atoms with van der Waals surface area (Å²) in [7, 11) is 0. The summed E-state index contributed by atoms with van der Waals surface area (Å²) in [6, 6.07) is 3.78. The summed E-state index contributed by atoms with van der Waals surface area (Å²) in [5.41, 5.74) is 12.0. The number of rotatable bonds is 2. The van der Waals surface area contributed by atoms with Crippen molar-refractivity contribution in [3.63, 3.8) is 0 Å². The molecule has 1 aromatic rings. The predicted molar refractivity (Wildman–Crippen MR) is 62.8 cm³/mol. The van der Waals surface area contributed by atoms with Gasteiger partial charge >= 0.3 is 0 Å². The van der Waals surface area contributed by atoms with Gasteiger partial charge in [-0.3, -0.25) is 4.79 Å². The van der Waals surface area contributed by atoms with Gasteiger partial charge in [-0.25, -0.2) is 4.98 Å². The Morgan fingerprint density at radius 2 is 2.12 bits per heavy atom. The second-order valence-electron chi connectivity index (χ2n) is 4.10. The second kappa shape index (κ2) is 4.38. The first-order valence-electron chi connectivity index (χ1n) is 5.42. The number of nitrogen functional groups attached to an aromatic ring is 1. The van der Waals surface area contributed by atoms with Crippen molar-refractivity contribution in [3.05, 3.63) is 18.3 Å². The molecule has 0 aliphatic carbocycles. The Kier molecular flexibility index (Phi) is 2.94. The van der Waals surface area contributed by atoms with Gasteiger partial charge in [-0.05, 0) is 18.9 Å². The van der Waals surface area contributed by atoms with Crippen LogP contribution >= 0.6 is 0 Å². The number of primary amides is 1. The highest BCUT2D eigenvalue weighted by Crippen LogP contribution is 2.23. The molecule has 0 spiro atoms. The number of carbonyl (C=O) groups is 1. The molecule has 1 saturated heterocycles. The largest absolute Gasteiger partial charge is 0.384 e. The van der Waals surface area contributed by atoms with Gasteiger partial charge in [0.25, 0.3) is 0 Å². The van der Waals surface area contributed by atoms with Gasteiger partial charge in [0.05, 0.1) is 0 Å². The number of anilines is 2. The Morgan fingerprint density at radius 1 is 1.44 bits per heavy atom.